The molecule has 1 saturated heterocycles. The fourth-order valence-corrected chi connectivity index (χ4v) is 7.24. The molecule has 0 amide bonds. The van der Waals surface area contributed by atoms with Gasteiger partial charge in [-0.3, -0.25) is 0 Å². The van der Waals surface area contributed by atoms with Crippen LogP contribution in [0.3, 0.4) is 0 Å². The van der Waals surface area contributed by atoms with Crippen molar-refractivity contribution in [2.45, 2.75) is 128 Å². The van der Waals surface area contributed by atoms with E-state index in [2.05, 4.69) is 37.4 Å². The van der Waals surface area contributed by atoms with Crippen LogP contribution < -0.4 is 0 Å². The first kappa shape index (κ1) is 23.7. The van der Waals surface area contributed by atoms with Crippen molar-refractivity contribution in [2.24, 2.45) is 5.92 Å². The van der Waals surface area contributed by atoms with Crippen LogP contribution in [0.15, 0.2) is 0 Å². The molecule has 1 aliphatic rings. The van der Waals surface area contributed by atoms with Crippen molar-refractivity contribution in [2.75, 3.05) is 11.5 Å². The lowest BCUT2D eigenvalue weighted by molar-refractivity contribution is 0.426. The van der Waals surface area contributed by atoms with Crippen molar-refractivity contribution < 1.29 is 0 Å². The summed E-state index contributed by atoms with van der Waals surface area (Å²) in [5.74, 6) is 3.84. The van der Waals surface area contributed by atoms with Gasteiger partial charge in [0.25, 0.3) is 0 Å². The third-order valence-electron chi connectivity index (χ3n) is 5.59. The first-order chi connectivity index (χ1) is 12.4. The average molecular weight is 387 g/mol. The summed E-state index contributed by atoms with van der Waals surface area (Å²) in [7, 11) is 0. The predicted molar refractivity (Wildman–Crippen MR) is 122 cm³/mol. The maximum Gasteiger partial charge on any atom is 0.0530 e. The second-order valence-electron chi connectivity index (χ2n) is 8.04. The summed E-state index contributed by atoms with van der Waals surface area (Å²) in [6.45, 7) is 4.63. The van der Waals surface area contributed by atoms with Gasteiger partial charge in [-0.2, -0.15) is 0 Å². The Balaban J connectivity index is 2.12. The van der Waals surface area contributed by atoms with Crippen LogP contribution in [0.4, 0.5) is 0 Å². The number of thioether (sulfide) groups is 2. The van der Waals surface area contributed by atoms with Crippen molar-refractivity contribution >= 4 is 23.5 Å². The Morgan fingerprint density at radius 3 is 1.44 bits per heavy atom. The van der Waals surface area contributed by atoms with Gasteiger partial charge in [0, 0.05) is 0 Å². The second kappa shape index (κ2) is 18.1. The molecule has 25 heavy (non-hydrogen) atoms. The molecule has 0 radical (unpaired) electrons. The standard InChI is InChI=1S/C23H46S2/c1-3-5-7-9-11-12-14-16-19-22(23-24-20-17-21-25-23)18-15-13-10-8-6-4-2/h22-23H,3-21H2,1-2H3. The lowest BCUT2D eigenvalue weighted by atomic mass is 9.95. The van der Waals surface area contributed by atoms with E-state index in [1.165, 1.54) is 121 Å². The zero-order chi connectivity index (χ0) is 18.0. The minimum atomic E-state index is 0.925. The first-order valence-corrected chi connectivity index (χ1v) is 13.7. The molecular formula is C23H46S2. The highest BCUT2D eigenvalue weighted by Crippen LogP contribution is 2.40. The van der Waals surface area contributed by atoms with E-state index in [4.69, 9.17) is 0 Å². The van der Waals surface area contributed by atoms with Gasteiger partial charge >= 0.3 is 0 Å². The van der Waals surface area contributed by atoms with Crippen molar-refractivity contribution in [3.05, 3.63) is 0 Å². The van der Waals surface area contributed by atoms with Crippen LogP contribution >= 0.6 is 23.5 Å². The lowest BCUT2D eigenvalue weighted by Crippen LogP contribution is -2.18. The number of hydrogen-bond acceptors (Lipinski definition) is 2. The molecule has 0 aromatic carbocycles. The Bertz CT molecular complexity index is 261. The van der Waals surface area contributed by atoms with Crippen molar-refractivity contribution in [3.8, 4) is 0 Å². The molecule has 0 spiro atoms. The summed E-state index contributed by atoms with van der Waals surface area (Å²) in [5.41, 5.74) is 0. The van der Waals surface area contributed by atoms with E-state index in [1.54, 1.807) is 0 Å². The van der Waals surface area contributed by atoms with Crippen LogP contribution in [0.2, 0.25) is 0 Å². The highest BCUT2D eigenvalue weighted by Gasteiger charge is 2.24. The van der Waals surface area contributed by atoms with E-state index < -0.39 is 0 Å². The number of hydrogen-bond donors (Lipinski definition) is 0. The summed E-state index contributed by atoms with van der Waals surface area (Å²) in [6.07, 6.45) is 24.9. The molecule has 2 heteroatoms. The van der Waals surface area contributed by atoms with E-state index in [-0.39, 0.29) is 0 Å². The van der Waals surface area contributed by atoms with Gasteiger partial charge in [-0.1, -0.05) is 104 Å². The molecule has 1 heterocycles. The van der Waals surface area contributed by atoms with Crippen molar-refractivity contribution in [1.82, 2.24) is 0 Å². The van der Waals surface area contributed by atoms with Gasteiger partial charge in [-0.05, 0) is 36.7 Å². The van der Waals surface area contributed by atoms with E-state index in [1.807, 2.05) is 0 Å². The molecular weight excluding hydrogens is 340 g/mol. The Hall–Kier alpha value is 0.700. The van der Waals surface area contributed by atoms with Crippen molar-refractivity contribution in [3.63, 3.8) is 0 Å². The average Bonchev–Trinajstić information content (AvgIpc) is 2.65. The molecule has 0 saturated carbocycles. The maximum atomic E-state index is 2.32. The van der Waals surface area contributed by atoms with Gasteiger partial charge < -0.3 is 0 Å². The molecule has 0 aromatic heterocycles. The van der Waals surface area contributed by atoms with Crippen LogP contribution in [-0.2, 0) is 0 Å². The molecule has 1 rings (SSSR count). The summed E-state index contributed by atoms with van der Waals surface area (Å²) in [6, 6.07) is 0. The van der Waals surface area contributed by atoms with E-state index in [9.17, 15) is 0 Å². The van der Waals surface area contributed by atoms with E-state index >= 15 is 0 Å². The number of rotatable bonds is 17. The predicted octanol–water partition coefficient (Wildman–Crippen LogP) is 9.08. The normalized spacial score (nSPS) is 17.0. The zero-order valence-electron chi connectivity index (χ0n) is 17.4. The van der Waals surface area contributed by atoms with Crippen LogP contribution in [-0.4, -0.2) is 16.1 Å². The molecule has 0 bridgehead atoms. The quantitative estimate of drug-likeness (QED) is 0.229. The summed E-state index contributed by atoms with van der Waals surface area (Å²) >= 11 is 4.57. The minimum Gasteiger partial charge on any atom is -0.147 e. The van der Waals surface area contributed by atoms with Crippen LogP contribution in [0, 0.1) is 5.92 Å². The topological polar surface area (TPSA) is 0 Å². The molecule has 150 valence electrons. The fraction of sp³-hybridized carbons (Fsp3) is 1.00. The van der Waals surface area contributed by atoms with Gasteiger partial charge in [0.05, 0.1) is 4.58 Å². The van der Waals surface area contributed by atoms with Gasteiger partial charge in [0.1, 0.15) is 0 Å². The third kappa shape index (κ3) is 13.5. The van der Waals surface area contributed by atoms with Crippen LogP contribution in [0.25, 0.3) is 0 Å². The molecule has 1 fully saturated rings. The third-order valence-corrected chi connectivity index (χ3v) is 8.89. The molecule has 0 aliphatic carbocycles. The van der Waals surface area contributed by atoms with Crippen molar-refractivity contribution in [1.29, 1.82) is 0 Å². The second-order valence-corrected chi connectivity index (χ2v) is 10.8. The summed E-state index contributed by atoms with van der Waals surface area (Å²) in [5, 5.41) is 0. The largest absolute Gasteiger partial charge is 0.147 e. The highest BCUT2D eigenvalue weighted by atomic mass is 32.2. The SMILES string of the molecule is CCCCCCCCCCC(CCCCCCCC)C1SCCCS1. The summed E-state index contributed by atoms with van der Waals surface area (Å²) in [4.78, 5) is 0. The molecule has 0 aromatic rings. The van der Waals surface area contributed by atoms with E-state index in [0.29, 0.717) is 0 Å². The van der Waals surface area contributed by atoms with Gasteiger partial charge in [-0.15, -0.1) is 23.5 Å². The van der Waals surface area contributed by atoms with Crippen LogP contribution in [0.1, 0.15) is 123 Å². The molecule has 1 atom stereocenters. The lowest BCUT2D eigenvalue weighted by Gasteiger charge is -2.29. The zero-order valence-corrected chi connectivity index (χ0v) is 19.0. The monoisotopic (exact) mass is 386 g/mol. The Morgan fingerprint density at radius 1 is 0.600 bits per heavy atom. The van der Waals surface area contributed by atoms with Crippen LogP contribution in [0.5, 0.6) is 0 Å². The minimum absolute atomic E-state index is 0.925. The smallest absolute Gasteiger partial charge is 0.0530 e. The molecule has 0 N–H and O–H groups in total. The summed E-state index contributed by atoms with van der Waals surface area (Å²) < 4.78 is 0.925. The fourth-order valence-electron chi connectivity index (χ4n) is 3.92. The highest BCUT2D eigenvalue weighted by molar-refractivity contribution is 8.17. The van der Waals surface area contributed by atoms with Gasteiger partial charge in [0.15, 0.2) is 0 Å². The van der Waals surface area contributed by atoms with Gasteiger partial charge in [-0.25, -0.2) is 0 Å². The Kier molecular flexibility index (Phi) is 17.2. The maximum absolute atomic E-state index is 2.32. The van der Waals surface area contributed by atoms with E-state index in [0.717, 1.165) is 10.5 Å². The Morgan fingerprint density at radius 2 is 1.00 bits per heavy atom. The number of unbranched alkanes of at least 4 members (excludes halogenated alkanes) is 12. The molecule has 1 aliphatic heterocycles. The Labute approximate surface area is 168 Å². The molecule has 0 nitrogen and oxygen atoms in total. The first-order valence-electron chi connectivity index (χ1n) is 11.6. The van der Waals surface area contributed by atoms with Gasteiger partial charge in [0.2, 0.25) is 0 Å². The molecule has 1 unspecified atom stereocenters.